The van der Waals surface area contributed by atoms with E-state index in [-0.39, 0.29) is 17.9 Å². The van der Waals surface area contributed by atoms with E-state index in [1.54, 1.807) is 4.90 Å². The lowest BCUT2D eigenvalue weighted by Gasteiger charge is -2.44. The molecule has 2 atom stereocenters. The van der Waals surface area contributed by atoms with Crippen LogP contribution in [0.1, 0.15) is 47.0 Å². The van der Waals surface area contributed by atoms with Gasteiger partial charge in [0.2, 0.25) is 11.8 Å². The van der Waals surface area contributed by atoms with Crippen LogP contribution in [0.3, 0.4) is 0 Å². The lowest BCUT2D eigenvalue weighted by atomic mass is 9.89. The Morgan fingerprint density at radius 3 is 2.50 bits per heavy atom. The van der Waals surface area contributed by atoms with Crippen LogP contribution in [0.5, 0.6) is 0 Å². The molecule has 0 aromatic rings. The number of rotatable bonds is 4. The molecule has 2 rings (SSSR count). The van der Waals surface area contributed by atoms with Gasteiger partial charge in [0.1, 0.15) is 11.6 Å². The van der Waals surface area contributed by atoms with E-state index in [0.717, 1.165) is 19.3 Å². The molecule has 4 heteroatoms. The van der Waals surface area contributed by atoms with Gasteiger partial charge in [-0.25, -0.2) is 0 Å². The first kappa shape index (κ1) is 13.4. The van der Waals surface area contributed by atoms with Crippen molar-refractivity contribution in [1.82, 2.24) is 10.2 Å². The molecule has 0 aromatic carbocycles. The maximum Gasteiger partial charge on any atom is 0.248 e. The lowest BCUT2D eigenvalue weighted by Crippen LogP contribution is -2.69. The van der Waals surface area contributed by atoms with Crippen LogP contribution in [0.25, 0.3) is 0 Å². The Kier molecular flexibility index (Phi) is 3.39. The van der Waals surface area contributed by atoms with Gasteiger partial charge in [0, 0.05) is 6.54 Å². The average Bonchev–Trinajstić information content (AvgIpc) is 3.10. The van der Waals surface area contributed by atoms with Gasteiger partial charge in [-0.3, -0.25) is 9.59 Å². The van der Waals surface area contributed by atoms with Crippen molar-refractivity contribution in [3.05, 3.63) is 0 Å². The highest BCUT2D eigenvalue weighted by Gasteiger charge is 2.54. The molecule has 2 amide bonds. The Morgan fingerprint density at radius 2 is 2.00 bits per heavy atom. The molecule has 1 saturated carbocycles. The van der Waals surface area contributed by atoms with Crippen LogP contribution >= 0.6 is 0 Å². The highest BCUT2D eigenvalue weighted by molar-refractivity contribution is 5.99. The van der Waals surface area contributed by atoms with Gasteiger partial charge in [-0.05, 0) is 44.9 Å². The molecule has 1 aliphatic heterocycles. The molecule has 1 aliphatic carbocycles. The molecule has 0 aromatic heterocycles. The van der Waals surface area contributed by atoms with Crippen LogP contribution in [0.2, 0.25) is 0 Å². The predicted octanol–water partition coefficient (Wildman–Crippen LogP) is 1.55. The molecule has 1 heterocycles. The highest BCUT2D eigenvalue weighted by atomic mass is 16.2. The monoisotopic (exact) mass is 252 g/mol. The molecule has 1 saturated heterocycles. The summed E-state index contributed by atoms with van der Waals surface area (Å²) in [6, 6.07) is -0.330. The van der Waals surface area contributed by atoms with Crippen LogP contribution in [-0.2, 0) is 9.59 Å². The van der Waals surface area contributed by atoms with Crippen molar-refractivity contribution in [2.45, 2.75) is 58.5 Å². The summed E-state index contributed by atoms with van der Waals surface area (Å²) in [4.78, 5) is 26.4. The van der Waals surface area contributed by atoms with Gasteiger partial charge >= 0.3 is 0 Å². The zero-order valence-corrected chi connectivity index (χ0v) is 11.8. The number of piperazine rings is 1. The van der Waals surface area contributed by atoms with Crippen molar-refractivity contribution in [2.24, 2.45) is 11.8 Å². The zero-order valence-electron chi connectivity index (χ0n) is 11.8. The van der Waals surface area contributed by atoms with E-state index < -0.39 is 5.54 Å². The topological polar surface area (TPSA) is 49.4 Å². The van der Waals surface area contributed by atoms with E-state index in [1.165, 1.54) is 0 Å². The van der Waals surface area contributed by atoms with Crippen molar-refractivity contribution in [3.8, 4) is 0 Å². The quantitative estimate of drug-likeness (QED) is 0.825. The molecular weight excluding hydrogens is 228 g/mol. The first-order valence-corrected chi connectivity index (χ1v) is 6.99. The number of hydrogen-bond acceptors (Lipinski definition) is 2. The molecule has 102 valence electrons. The van der Waals surface area contributed by atoms with Crippen molar-refractivity contribution in [2.75, 3.05) is 6.54 Å². The van der Waals surface area contributed by atoms with E-state index in [4.69, 9.17) is 0 Å². The molecule has 1 N–H and O–H groups in total. The predicted molar refractivity (Wildman–Crippen MR) is 69.9 cm³/mol. The molecule has 0 bridgehead atoms. The molecule has 0 spiro atoms. The Balaban J connectivity index is 2.14. The largest absolute Gasteiger partial charge is 0.340 e. The third kappa shape index (κ3) is 2.25. The minimum Gasteiger partial charge on any atom is -0.340 e. The fourth-order valence-electron chi connectivity index (χ4n) is 2.66. The maximum absolute atomic E-state index is 12.6. The van der Waals surface area contributed by atoms with Gasteiger partial charge in [0.15, 0.2) is 0 Å². The third-order valence-electron chi connectivity index (χ3n) is 4.28. The highest BCUT2D eigenvalue weighted by Crippen LogP contribution is 2.42. The van der Waals surface area contributed by atoms with Gasteiger partial charge in [0.25, 0.3) is 0 Å². The standard InChI is InChI=1S/C14H24N2O2/c1-9(2)7-8-16-10(3)12(17)15-14(4,13(16)18)11-5-6-11/h9-11H,5-8H2,1-4H3,(H,15,17). The van der Waals surface area contributed by atoms with Crippen molar-refractivity contribution < 1.29 is 9.59 Å². The number of nitrogens with zero attached hydrogens (tertiary/aromatic N) is 1. The number of amides is 2. The van der Waals surface area contributed by atoms with Crippen molar-refractivity contribution >= 4 is 11.8 Å². The molecular formula is C14H24N2O2. The minimum absolute atomic E-state index is 0.00671. The Hall–Kier alpha value is -1.06. The van der Waals surface area contributed by atoms with Crippen LogP contribution in [0.4, 0.5) is 0 Å². The average molecular weight is 252 g/mol. The molecule has 0 radical (unpaired) electrons. The van der Waals surface area contributed by atoms with Crippen molar-refractivity contribution in [1.29, 1.82) is 0 Å². The summed E-state index contributed by atoms with van der Waals surface area (Å²) in [5.74, 6) is 0.982. The van der Waals surface area contributed by atoms with Gasteiger partial charge < -0.3 is 10.2 Å². The smallest absolute Gasteiger partial charge is 0.248 e. The summed E-state index contributed by atoms with van der Waals surface area (Å²) in [5.41, 5.74) is -0.652. The van der Waals surface area contributed by atoms with E-state index in [9.17, 15) is 9.59 Å². The molecule has 18 heavy (non-hydrogen) atoms. The number of carbonyl (C=O) groups excluding carboxylic acids is 2. The fraction of sp³-hybridized carbons (Fsp3) is 0.857. The first-order valence-electron chi connectivity index (χ1n) is 6.99. The van der Waals surface area contributed by atoms with Gasteiger partial charge in [-0.1, -0.05) is 13.8 Å². The minimum atomic E-state index is -0.652. The number of nitrogens with one attached hydrogen (secondary N) is 1. The number of hydrogen-bond donors (Lipinski definition) is 1. The third-order valence-corrected chi connectivity index (χ3v) is 4.28. The van der Waals surface area contributed by atoms with Crippen LogP contribution in [0.15, 0.2) is 0 Å². The van der Waals surface area contributed by atoms with E-state index in [0.29, 0.717) is 18.4 Å². The summed E-state index contributed by atoms with van der Waals surface area (Å²) in [6.45, 7) is 8.67. The summed E-state index contributed by atoms with van der Waals surface area (Å²) in [6.07, 6.45) is 3.05. The van der Waals surface area contributed by atoms with Crippen LogP contribution in [0, 0.1) is 11.8 Å². The molecule has 2 unspecified atom stereocenters. The lowest BCUT2D eigenvalue weighted by molar-refractivity contribution is -0.154. The molecule has 2 aliphatic rings. The maximum atomic E-state index is 12.6. The Labute approximate surface area is 109 Å². The van der Waals surface area contributed by atoms with Gasteiger partial charge in [-0.2, -0.15) is 0 Å². The van der Waals surface area contributed by atoms with Crippen LogP contribution < -0.4 is 5.32 Å². The molecule has 2 fully saturated rings. The normalized spacial score (nSPS) is 32.9. The SMILES string of the molecule is CC(C)CCN1C(=O)C(C)(C2CC2)NC(=O)C1C. The Morgan fingerprint density at radius 1 is 1.39 bits per heavy atom. The Bertz CT molecular complexity index is 363. The van der Waals surface area contributed by atoms with E-state index >= 15 is 0 Å². The fourth-order valence-corrected chi connectivity index (χ4v) is 2.66. The first-order chi connectivity index (χ1) is 8.36. The van der Waals surface area contributed by atoms with E-state index in [2.05, 4.69) is 19.2 Å². The second kappa shape index (κ2) is 4.56. The molecule has 4 nitrogen and oxygen atoms in total. The van der Waals surface area contributed by atoms with E-state index in [1.807, 2.05) is 13.8 Å². The second-order valence-electron chi connectivity index (χ2n) is 6.32. The number of carbonyl (C=O) groups is 2. The second-order valence-corrected chi connectivity index (χ2v) is 6.32. The summed E-state index contributed by atoms with van der Waals surface area (Å²) >= 11 is 0. The van der Waals surface area contributed by atoms with Gasteiger partial charge in [0.05, 0.1) is 0 Å². The summed E-state index contributed by atoms with van der Waals surface area (Å²) < 4.78 is 0. The zero-order chi connectivity index (χ0) is 13.5. The van der Waals surface area contributed by atoms with Crippen LogP contribution in [-0.4, -0.2) is 34.8 Å². The van der Waals surface area contributed by atoms with Gasteiger partial charge in [-0.15, -0.1) is 0 Å². The van der Waals surface area contributed by atoms with Crippen molar-refractivity contribution in [3.63, 3.8) is 0 Å². The summed E-state index contributed by atoms with van der Waals surface area (Å²) in [5, 5.41) is 2.94. The summed E-state index contributed by atoms with van der Waals surface area (Å²) in [7, 11) is 0.